The fraction of sp³-hybridized carbons (Fsp3) is 0.286. The first-order valence-electron chi connectivity index (χ1n) is 6.23. The molecule has 0 fully saturated rings. The predicted molar refractivity (Wildman–Crippen MR) is 72.5 cm³/mol. The fourth-order valence-electron chi connectivity index (χ4n) is 2.01. The summed E-state index contributed by atoms with van der Waals surface area (Å²) in [7, 11) is 1.48. The Morgan fingerprint density at radius 3 is 2.62 bits per heavy atom. The standard InChI is InChI=1S/C14H15F2N3O2/c1-7-11(8(2)21-18-7)6-19(3)14(20)10-4-9(15)5-12(17)13(10)16/h4-5H,6,17H2,1-3H3. The Morgan fingerprint density at radius 1 is 1.38 bits per heavy atom. The number of hydrogen-bond donors (Lipinski definition) is 1. The van der Waals surface area contributed by atoms with Crippen LogP contribution in [0.1, 0.15) is 27.4 Å². The molecule has 0 saturated carbocycles. The second kappa shape index (κ2) is 5.51. The van der Waals surface area contributed by atoms with Crippen molar-refractivity contribution < 1.29 is 18.1 Å². The molecule has 1 aromatic heterocycles. The van der Waals surface area contributed by atoms with E-state index in [4.69, 9.17) is 10.3 Å². The lowest BCUT2D eigenvalue weighted by Crippen LogP contribution is -2.28. The predicted octanol–water partition coefficient (Wildman–Crippen LogP) is 2.42. The highest BCUT2D eigenvalue weighted by molar-refractivity contribution is 5.95. The van der Waals surface area contributed by atoms with E-state index in [0.29, 0.717) is 11.5 Å². The normalized spacial score (nSPS) is 10.7. The lowest BCUT2D eigenvalue weighted by molar-refractivity contribution is 0.0779. The molecule has 0 radical (unpaired) electrons. The van der Waals surface area contributed by atoms with Crippen molar-refractivity contribution in [2.75, 3.05) is 12.8 Å². The Labute approximate surface area is 120 Å². The third kappa shape index (κ3) is 2.86. The number of benzene rings is 1. The van der Waals surface area contributed by atoms with Crippen molar-refractivity contribution in [1.29, 1.82) is 0 Å². The number of nitrogen functional groups attached to an aromatic ring is 1. The van der Waals surface area contributed by atoms with Crippen LogP contribution in [-0.4, -0.2) is 23.0 Å². The lowest BCUT2D eigenvalue weighted by Gasteiger charge is -2.18. The molecule has 21 heavy (non-hydrogen) atoms. The molecule has 1 aromatic carbocycles. The van der Waals surface area contributed by atoms with Crippen molar-refractivity contribution in [1.82, 2.24) is 10.1 Å². The van der Waals surface area contributed by atoms with Crippen molar-refractivity contribution in [3.05, 3.63) is 46.3 Å². The van der Waals surface area contributed by atoms with Gasteiger partial charge in [0.2, 0.25) is 0 Å². The Morgan fingerprint density at radius 2 is 2.05 bits per heavy atom. The van der Waals surface area contributed by atoms with Crippen molar-refractivity contribution in [2.24, 2.45) is 0 Å². The molecule has 2 aromatic rings. The zero-order chi connectivity index (χ0) is 15.7. The second-order valence-electron chi connectivity index (χ2n) is 4.82. The maximum absolute atomic E-state index is 13.9. The number of nitrogens with two attached hydrogens (primary N) is 1. The Kier molecular flexibility index (Phi) is 3.93. The molecule has 0 aliphatic heterocycles. The summed E-state index contributed by atoms with van der Waals surface area (Å²) in [6.07, 6.45) is 0. The van der Waals surface area contributed by atoms with Crippen LogP contribution in [0, 0.1) is 25.5 Å². The summed E-state index contributed by atoms with van der Waals surface area (Å²) in [4.78, 5) is 13.5. The van der Waals surface area contributed by atoms with Gasteiger partial charge in [0, 0.05) is 12.6 Å². The van der Waals surface area contributed by atoms with Gasteiger partial charge in [0.15, 0.2) is 5.82 Å². The van der Waals surface area contributed by atoms with E-state index in [-0.39, 0.29) is 6.54 Å². The topological polar surface area (TPSA) is 72.4 Å². The summed E-state index contributed by atoms with van der Waals surface area (Å²) in [5, 5.41) is 3.78. The summed E-state index contributed by atoms with van der Waals surface area (Å²) in [5.41, 5.74) is 5.91. The van der Waals surface area contributed by atoms with Crippen LogP contribution in [0.2, 0.25) is 0 Å². The van der Waals surface area contributed by atoms with E-state index in [2.05, 4.69) is 5.16 Å². The molecule has 0 spiro atoms. The number of anilines is 1. The minimum absolute atomic E-state index is 0.176. The smallest absolute Gasteiger partial charge is 0.257 e. The number of nitrogens with zero attached hydrogens (tertiary/aromatic N) is 2. The average Bonchev–Trinajstić information content (AvgIpc) is 2.73. The van der Waals surface area contributed by atoms with Crippen LogP contribution in [0.4, 0.5) is 14.5 Å². The number of aryl methyl sites for hydroxylation is 2. The van der Waals surface area contributed by atoms with Crippen LogP contribution in [0.3, 0.4) is 0 Å². The van der Waals surface area contributed by atoms with Crippen LogP contribution in [-0.2, 0) is 6.54 Å². The number of halogens is 2. The molecular formula is C14H15F2N3O2. The highest BCUT2D eigenvalue weighted by Gasteiger charge is 2.21. The van der Waals surface area contributed by atoms with E-state index in [1.165, 1.54) is 11.9 Å². The summed E-state index contributed by atoms with van der Waals surface area (Å²) in [6.45, 7) is 3.63. The van der Waals surface area contributed by atoms with Crippen molar-refractivity contribution in [3.63, 3.8) is 0 Å². The van der Waals surface area contributed by atoms with Gasteiger partial charge in [-0.1, -0.05) is 5.16 Å². The maximum atomic E-state index is 13.9. The van der Waals surface area contributed by atoms with Gasteiger partial charge in [-0.15, -0.1) is 0 Å². The molecular weight excluding hydrogens is 280 g/mol. The molecule has 0 aliphatic carbocycles. The van der Waals surface area contributed by atoms with E-state index in [0.717, 1.165) is 17.7 Å². The van der Waals surface area contributed by atoms with Gasteiger partial charge in [-0.25, -0.2) is 8.78 Å². The number of rotatable bonds is 3. The number of amides is 1. The molecule has 1 heterocycles. The third-order valence-electron chi connectivity index (χ3n) is 3.22. The number of aromatic nitrogens is 1. The van der Waals surface area contributed by atoms with Gasteiger partial charge in [-0.05, 0) is 26.0 Å². The maximum Gasteiger partial charge on any atom is 0.257 e. The highest BCUT2D eigenvalue weighted by Crippen LogP contribution is 2.21. The highest BCUT2D eigenvalue weighted by atomic mass is 19.1. The number of carbonyl (C=O) groups excluding carboxylic acids is 1. The van der Waals surface area contributed by atoms with Crippen LogP contribution in [0.5, 0.6) is 0 Å². The quantitative estimate of drug-likeness (QED) is 0.883. The van der Waals surface area contributed by atoms with Crippen molar-refractivity contribution in [3.8, 4) is 0 Å². The summed E-state index contributed by atoms with van der Waals surface area (Å²) in [6, 6.07) is 1.66. The Hall–Kier alpha value is -2.44. The lowest BCUT2D eigenvalue weighted by atomic mass is 10.1. The van der Waals surface area contributed by atoms with Gasteiger partial charge in [-0.2, -0.15) is 0 Å². The van der Waals surface area contributed by atoms with E-state index < -0.39 is 28.8 Å². The molecule has 0 saturated heterocycles. The van der Waals surface area contributed by atoms with E-state index in [1.807, 2.05) is 0 Å². The van der Waals surface area contributed by atoms with Gasteiger partial charge in [0.25, 0.3) is 5.91 Å². The molecule has 112 valence electrons. The molecule has 2 N–H and O–H groups in total. The van der Waals surface area contributed by atoms with Gasteiger partial charge < -0.3 is 15.2 Å². The van der Waals surface area contributed by atoms with E-state index >= 15 is 0 Å². The first-order chi connectivity index (χ1) is 9.81. The van der Waals surface area contributed by atoms with Crippen molar-refractivity contribution in [2.45, 2.75) is 20.4 Å². The molecule has 1 amide bonds. The molecule has 0 aliphatic rings. The van der Waals surface area contributed by atoms with Crippen molar-refractivity contribution >= 4 is 11.6 Å². The molecule has 0 unspecified atom stereocenters. The average molecular weight is 295 g/mol. The minimum Gasteiger partial charge on any atom is -0.396 e. The monoisotopic (exact) mass is 295 g/mol. The summed E-state index contributed by atoms with van der Waals surface area (Å²) >= 11 is 0. The fourth-order valence-corrected chi connectivity index (χ4v) is 2.01. The van der Waals surface area contributed by atoms with Gasteiger partial charge >= 0.3 is 0 Å². The largest absolute Gasteiger partial charge is 0.396 e. The molecule has 2 rings (SSSR count). The third-order valence-corrected chi connectivity index (χ3v) is 3.22. The minimum atomic E-state index is -0.924. The van der Waals surface area contributed by atoms with Gasteiger partial charge in [0.1, 0.15) is 11.6 Å². The SMILES string of the molecule is Cc1noc(C)c1CN(C)C(=O)c1cc(F)cc(N)c1F. The Bertz CT molecular complexity index is 678. The Balaban J connectivity index is 2.28. The zero-order valence-electron chi connectivity index (χ0n) is 11.9. The second-order valence-corrected chi connectivity index (χ2v) is 4.82. The molecule has 0 atom stereocenters. The summed E-state index contributed by atoms with van der Waals surface area (Å²) < 4.78 is 32.2. The number of hydrogen-bond acceptors (Lipinski definition) is 4. The zero-order valence-corrected chi connectivity index (χ0v) is 11.9. The van der Waals surface area contributed by atoms with Crippen LogP contribution in [0.25, 0.3) is 0 Å². The van der Waals surface area contributed by atoms with Crippen LogP contribution >= 0.6 is 0 Å². The molecule has 0 bridgehead atoms. The van der Waals surface area contributed by atoms with E-state index in [9.17, 15) is 13.6 Å². The molecule has 5 nitrogen and oxygen atoms in total. The van der Waals surface area contributed by atoms with E-state index in [1.54, 1.807) is 13.8 Å². The first kappa shape index (κ1) is 15.0. The van der Waals surface area contributed by atoms with Gasteiger partial charge in [0.05, 0.1) is 23.5 Å². The van der Waals surface area contributed by atoms with Crippen LogP contribution in [0.15, 0.2) is 16.7 Å². The summed E-state index contributed by atoms with van der Waals surface area (Å²) in [5.74, 6) is -1.78. The number of carbonyl (C=O) groups is 1. The first-order valence-corrected chi connectivity index (χ1v) is 6.23. The van der Waals surface area contributed by atoms with Gasteiger partial charge in [-0.3, -0.25) is 4.79 Å². The van der Waals surface area contributed by atoms with Crippen LogP contribution < -0.4 is 5.73 Å². The molecule has 7 heteroatoms.